The van der Waals surface area contributed by atoms with Gasteiger partial charge in [0.1, 0.15) is 11.9 Å². The zero-order valence-corrected chi connectivity index (χ0v) is 9.76. The summed E-state index contributed by atoms with van der Waals surface area (Å²) in [6.45, 7) is 1.19. The highest BCUT2D eigenvalue weighted by molar-refractivity contribution is 5.94. The Morgan fingerprint density at radius 3 is 2.50 bits per heavy atom. The molecule has 5 nitrogen and oxygen atoms in total. The third-order valence-corrected chi connectivity index (χ3v) is 2.49. The van der Waals surface area contributed by atoms with Crippen molar-refractivity contribution in [1.29, 1.82) is 0 Å². The number of hydrogen-bond acceptors (Lipinski definition) is 4. The fraction of sp³-hybridized carbons (Fsp3) is 0.333. The number of nitrogens with two attached hydrogens (primary N) is 1. The van der Waals surface area contributed by atoms with Gasteiger partial charge in [-0.15, -0.1) is 0 Å². The van der Waals surface area contributed by atoms with Crippen LogP contribution in [0.2, 0.25) is 0 Å². The number of amides is 1. The fourth-order valence-corrected chi connectivity index (χ4v) is 1.54. The molecule has 2 unspecified atom stereocenters. The first kappa shape index (κ1) is 14.3. The molecule has 0 fully saturated rings. The van der Waals surface area contributed by atoms with E-state index in [0.29, 0.717) is 0 Å². The van der Waals surface area contributed by atoms with Gasteiger partial charge in [0.25, 0.3) is 0 Å². The standard InChI is InChI=1S/C12H14FNO4/c1-6(15)8-4-7(2-3-9(8)13)12(18)10(16)5-11(14)17/h2-4,10,12,16,18H,5H2,1H3,(H2,14,17). The molecule has 1 rings (SSSR count). The van der Waals surface area contributed by atoms with Crippen LogP contribution in [-0.4, -0.2) is 28.0 Å². The highest BCUT2D eigenvalue weighted by Crippen LogP contribution is 2.21. The Balaban J connectivity index is 2.99. The maximum Gasteiger partial charge on any atom is 0.220 e. The van der Waals surface area contributed by atoms with Crippen molar-refractivity contribution in [2.24, 2.45) is 5.73 Å². The van der Waals surface area contributed by atoms with Gasteiger partial charge in [0.15, 0.2) is 5.78 Å². The van der Waals surface area contributed by atoms with Gasteiger partial charge in [-0.25, -0.2) is 4.39 Å². The smallest absolute Gasteiger partial charge is 0.220 e. The first-order valence-electron chi connectivity index (χ1n) is 5.27. The van der Waals surface area contributed by atoms with Crippen LogP contribution in [-0.2, 0) is 4.79 Å². The Bertz CT molecular complexity index is 475. The summed E-state index contributed by atoms with van der Waals surface area (Å²) in [4.78, 5) is 21.7. The summed E-state index contributed by atoms with van der Waals surface area (Å²) >= 11 is 0. The van der Waals surface area contributed by atoms with Gasteiger partial charge in [-0.1, -0.05) is 6.07 Å². The number of halogens is 1. The average Bonchev–Trinajstić information content (AvgIpc) is 2.27. The second-order valence-corrected chi connectivity index (χ2v) is 3.98. The van der Waals surface area contributed by atoms with E-state index in [1.807, 2.05) is 0 Å². The average molecular weight is 255 g/mol. The number of carbonyl (C=O) groups is 2. The summed E-state index contributed by atoms with van der Waals surface area (Å²) in [5.74, 6) is -1.97. The Hall–Kier alpha value is -1.79. The monoisotopic (exact) mass is 255 g/mol. The fourth-order valence-electron chi connectivity index (χ4n) is 1.54. The number of aliphatic hydroxyl groups excluding tert-OH is 2. The molecule has 4 N–H and O–H groups in total. The van der Waals surface area contributed by atoms with E-state index < -0.39 is 36.1 Å². The van der Waals surface area contributed by atoms with Crippen molar-refractivity contribution in [2.45, 2.75) is 25.6 Å². The molecule has 0 aliphatic rings. The summed E-state index contributed by atoms with van der Waals surface area (Å²) in [5.41, 5.74) is 4.85. The zero-order chi connectivity index (χ0) is 13.9. The maximum absolute atomic E-state index is 13.3. The van der Waals surface area contributed by atoms with E-state index in [1.165, 1.54) is 13.0 Å². The van der Waals surface area contributed by atoms with Gasteiger partial charge in [-0.05, 0) is 24.6 Å². The molecule has 2 atom stereocenters. The number of rotatable bonds is 5. The summed E-state index contributed by atoms with van der Waals surface area (Å²) in [6.07, 6.45) is -3.22. The first-order valence-corrected chi connectivity index (χ1v) is 5.27. The van der Waals surface area contributed by atoms with Crippen LogP contribution in [0.5, 0.6) is 0 Å². The lowest BCUT2D eigenvalue weighted by atomic mass is 9.98. The zero-order valence-electron chi connectivity index (χ0n) is 9.76. The van der Waals surface area contributed by atoms with E-state index in [0.717, 1.165) is 12.1 Å². The Morgan fingerprint density at radius 2 is 2.00 bits per heavy atom. The highest BCUT2D eigenvalue weighted by Gasteiger charge is 2.21. The van der Waals surface area contributed by atoms with Crippen molar-refractivity contribution in [1.82, 2.24) is 0 Å². The normalized spacial score (nSPS) is 14.0. The molecule has 0 saturated heterocycles. The molecular weight excluding hydrogens is 241 g/mol. The van der Waals surface area contributed by atoms with E-state index in [2.05, 4.69) is 0 Å². The summed E-state index contributed by atoms with van der Waals surface area (Å²) in [5, 5.41) is 19.3. The molecule has 0 aliphatic carbocycles. The minimum Gasteiger partial charge on any atom is -0.390 e. The Kier molecular flexibility index (Phi) is 4.52. The Labute approximate surface area is 103 Å². The van der Waals surface area contributed by atoms with Crippen molar-refractivity contribution in [3.63, 3.8) is 0 Å². The molecule has 1 amide bonds. The van der Waals surface area contributed by atoms with Crippen molar-refractivity contribution in [2.75, 3.05) is 0 Å². The van der Waals surface area contributed by atoms with Crippen molar-refractivity contribution in [3.8, 4) is 0 Å². The topological polar surface area (TPSA) is 101 Å². The molecule has 1 aromatic carbocycles. The lowest BCUT2D eigenvalue weighted by Gasteiger charge is -2.17. The first-order chi connectivity index (χ1) is 8.32. The lowest BCUT2D eigenvalue weighted by Crippen LogP contribution is -2.25. The van der Waals surface area contributed by atoms with Gasteiger partial charge in [0, 0.05) is 0 Å². The minimum atomic E-state index is -1.41. The van der Waals surface area contributed by atoms with Gasteiger partial charge in [0.2, 0.25) is 5.91 Å². The quantitative estimate of drug-likeness (QED) is 0.658. The molecule has 1 aromatic rings. The largest absolute Gasteiger partial charge is 0.390 e. The van der Waals surface area contributed by atoms with Gasteiger partial charge >= 0.3 is 0 Å². The van der Waals surface area contributed by atoms with E-state index >= 15 is 0 Å². The highest BCUT2D eigenvalue weighted by atomic mass is 19.1. The summed E-state index contributed by atoms with van der Waals surface area (Å²) in [6, 6.07) is 3.40. The molecule has 0 aromatic heterocycles. The number of benzene rings is 1. The van der Waals surface area contributed by atoms with Crippen LogP contribution in [0.3, 0.4) is 0 Å². The van der Waals surface area contributed by atoms with E-state index in [9.17, 15) is 24.2 Å². The second-order valence-electron chi connectivity index (χ2n) is 3.98. The number of hydrogen-bond donors (Lipinski definition) is 3. The molecule has 0 radical (unpaired) electrons. The molecule has 0 aliphatic heterocycles. The van der Waals surface area contributed by atoms with Crippen LogP contribution < -0.4 is 5.73 Å². The number of primary amides is 1. The van der Waals surface area contributed by atoms with Gasteiger partial charge in [-0.3, -0.25) is 9.59 Å². The SMILES string of the molecule is CC(=O)c1cc(C(O)C(O)CC(N)=O)ccc1F. The van der Waals surface area contributed by atoms with Crippen LogP contribution in [0, 0.1) is 5.82 Å². The third-order valence-electron chi connectivity index (χ3n) is 2.49. The van der Waals surface area contributed by atoms with E-state index in [4.69, 9.17) is 5.73 Å². The van der Waals surface area contributed by atoms with Crippen LogP contribution in [0.15, 0.2) is 18.2 Å². The number of ketones is 1. The predicted octanol–water partition coefficient (Wildman–Crippen LogP) is 0.298. The van der Waals surface area contributed by atoms with Crippen molar-refractivity contribution in [3.05, 3.63) is 35.1 Å². The molecule has 18 heavy (non-hydrogen) atoms. The molecule has 98 valence electrons. The number of Topliss-reactive ketones (excluding diaryl/α,β-unsaturated/α-hetero) is 1. The van der Waals surface area contributed by atoms with Crippen LogP contribution in [0.4, 0.5) is 4.39 Å². The maximum atomic E-state index is 13.3. The van der Waals surface area contributed by atoms with Crippen LogP contribution in [0.1, 0.15) is 35.4 Å². The third kappa shape index (κ3) is 3.35. The van der Waals surface area contributed by atoms with E-state index in [1.54, 1.807) is 0 Å². The predicted molar refractivity (Wildman–Crippen MR) is 61.2 cm³/mol. The molecule has 6 heteroatoms. The Morgan fingerprint density at radius 1 is 1.39 bits per heavy atom. The van der Waals surface area contributed by atoms with E-state index in [-0.39, 0.29) is 11.1 Å². The number of aliphatic hydroxyl groups is 2. The molecular formula is C12H14FNO4. The molecule has 0 saturated carbocycles. The molecule has 0 spiro atoms. The van der Waals surface area contributed by atoms with Gasteiger partial charge in [-0.2, -0.15) is 0 Å². The van der Waals surface area contributed by atoms with Crippen molar-refractivity contribution < 1.29 is 24.2 Å². The minimum absolute atomic E-state index is 0.148. The van der Waals surface area contributed by atoms with Crippen molar-refractivity contribution >= 4 is 11.7 Å². The molecule has 0 heterocycles. The summed E-state index contributed by atoms with van der Waals surface area (Å²) < 4.78 is 13.3. The number of carbonyl (C=O) groups excluding carboxylic acids is 2. The summed E-state index contributed by atoms with van der Waals surface area (Å²) in [7, 11) is 0. The second kappa shape index (κ2) is 5.70. The van der Waals surface area contributed by atoms with Crippen LogP contribution in [0.25, 0.3) is 0 Å². The van der Waals surface area contributed by atoms with Gasteiger partial charge in [0.05, 0.1) is 18.1 Å². The van der Waals surface area contributed by atoms with Crippen LogP contribution >= 0.6 is 0 Å². The van der Waals surface area contributed by atoms with Gasteiger partial charge < -0.3 is 15.9 Å². The molecule has 0 bridgehead atoms. The lowest BCUT2D eigenvalue weighted by molar-refractivity contribution is -0.121.